The van der Waals surface area contributed by atoms with Crippen LogP contribution in [-0.2, 0) is 16.1 Å². The summed E-state index contributed by atoms with van der Waals surface area (Å²) < 4.78 is 5.13. The number of ether oxygens (including phenoxy) is 1. The minimum absolute atomic E-state index is 0.247. The van der Waals surface area contributed by atoms with Crippen LogP contribution in [0.25, 0.3) is 0 Å². The number of carbonyl (C=O) groups is 1. The van der Waals surface area contributed by atoms with Gasteiger partial charge >= 0.3 is 5.97 Å². The van der Waals surface area contributed by atoms with E-state index >= 15 is 0 Å². The Kier molecular flexibility index (Phi) is 3.96. The Hall–Kier alpha value is -2.56. The number of nitrogens with zero attached hydrogens (tertiary/aromatic N) is 2. The number of hydroxylamine groups is 1. The molecule has 1 atom stereocenters. The molecule has 1 aromatic heterocycles. The second-order valence-electron chi connectivity index (χ2n) is 5.29. The molecule has 0 saturated heterocycles. The molecule has 3 rings (SSSR count). The zero-order chi connectivity index (χ0) is 15.5. The molecule has 2 heterocycles. The lowest BCUT2D eigenvalue weighted by atomic mass is 9.96. The Morgan fingerprint density at radius 1 is 1.32 bits per heavy atom. The van der Waals surface area contributed by atoms with Gasteiger partial charge in [0.2, 0.25) is 0 Å². The van der Waals surface area contributed by atoms with Crippen LogP contribution in [0.4, 0.5) is 5.69 Å². The summed E-state index contributed by atoms with van der Waals surface area (Å²) in [6.07, 6.45) is 2.51. The summed E-state index contributed by atoms with van der Waals surface area (Å²) in [4.78, 5) is 21.0. The third kappa shape index (κ3) is 2.88. The quantitative estimate of drug-likeness (QED) is 0.868. The van der Waals surface area contributed by atoms with Crippen molar-refractivity contribution in [1.29, 1.82) is 0 Å². The lowest BCUT2D eigenvalue weighted by Gasteiger charge is -2.17. The van der Waals surface area contributed by atoms with Gasteiger partial charge in [-0.05, 0) is 30.2 Å². The van der Waals surface area contributed by atoms with E-state index in [-0.39, 0.29) is 11.9 Å². The standard InChI is InChI=1S/C17H18N2O3/c1-12(20)22-19-11-13(16-5-3-4-6-17(16)19)9-14-7-8-15(21-2)10-18-14/h3-8,10,13H,9,11H2,1-2H3. The molecule has 0 amide bonds. The molecule has 0 saturated carbocycles. The number of hydrogen-bond donors (Lipinski definition) is 0. The van der Waals surface area contributed by atoms with Crippen LogP contribution in [0.15, 0.2) is 42.6 Å². The number of rotatable bonds is 4. The predicted molar refractivity (Wildman–Crippen MR) is 82.8 cm³/mol. The molecule has 0 bridgehead atoms. The average molecular weight is 298 g/mol. The summed E-state index contributed by atoms with van der Waals surface area (Å²) in [5.41, 5.74) is 3.13. The number of aromatic nitrogens is 1. The first-order chi connectivity index (χ1) is 10.7. The highest BCUT2D eigenvalue weighted by atomic mass is 16.7. The van der Waals surface area contributed by atoms with Gasteiger partial charge in [0.05, 0.1) is 25.5 Å². The van der Waals surface area contributed by atoms with Gasteiger partial charge in [0.15, 0.2) is 0 Å². The number of fused-ring (bicyclic) bond motifs is 1. The van der Waals surface area contributed by atoms with Crippen LogP contribution in [0.5, 0.6) is 5.75 Å². The van der Waals surface area contributed by atoms with E-state index in [2.05, 4.69) is 11.1 Å². The lowest BCUT2D eigenvalue weighted by molar-refractivity contribution is -0.142. The van der Waals surface area contributed by atoms with Crippen molar-refractivity contribution in [3.8, 4) is 5.75 Å². The number of anilines is 1. The van der Waals surface area contributed by atoms with E-state index in [1.807, 2.05) is 30.3 Å². The molecule has 0 radical (unpaired) electrons. The topological polar surface area (TPSA) is 51.7 Å². The molecule has 5 nitrogen and oxygen atoms in total. The maximum Gasteiger partial charge on any atom is 0.329 e. The van der Waals surface area contributed by atoms with Gasteiger partial charge in [-0.1, -0.05) is 18.2 Å². The lowest BCUT2D eigenvalue weighted by Crippen LogP contribution is -2.25. The number of pyridine rings is 1. The minimum atomic E-state index is -0.307. The van der Waals surface area contributed by atoms with E-state index in [9.17, 15) is 4.79 Å². The van der Waals surface area contributed by atoms with Crippen molar-refractivity contribution in [1.82, 2.24) is 4.98 Å². The van der Waals surface area contributed by atoms with Crippen molar-refractivity contribution < 1.29 is 14.4 Å². The first-order valence-corrected chi connectivity index (χ1v) is 7.21. The molecule has 2 aromatic rings. The van der Waals surface area contributed by atoms with Gasteiger partial charge in [-0.25, -0.2) is 5.06 Å². The van der Waals surface area contributed by atoms with Crippen molar-refractivity contribution in [2.24, 2.45) is 0 Å². The van der Waals surface area contributed by atoms with Crippen LogP contribution in [0, 0.1) is 0 Å². The van der Waals surface area contributed by atoms with E-state index < -0.39 is 0 Å². The smallest absolute Gasteiger partial charge is 0.329 e. The molecule has 5 heteroatoms. The minimum Gasteiger partial charge on any atom is -0.495 e. The van der Waals surface area contributed by atoms with Gasteiger partial charge < -0.3 is 9.57 Å². The first-order valence-electron chi connectivity index (χ1n) is 7.21. The monoisotopic (exact) mass is 298 g/mol. The largest absolute Gasteiger partial charge is 0.495 e. The molecule has 1 aromatic carbocycles. The van der Waals surface area contributed by atoms with Gasteiger partial charge in [-0.15, -0.1) is 0 Å². The molecule has 0 spiro atoms. The zero-order valence-electron chi connectivity index (χ0n) is 12.7. The van der Waals surface area contributed by atoms with E-state index in [4.69, 9.17) is 9.57 Å². The van der Waals surface area contributed by atoms with Crippen LogP contribution < -0.4 is 9.80 Å². The van der Waals surface area contributed by atoms with Gasteiger partial charge in [-0.3, -0.25) is 9.78 Å². The molecule has 22 heavy (non-hydrogen) atoms. The summed E-state index contributed by atoms with van der Waals surface area (Å²) in [6.45, 7) is 2.06. The van der Waals surface area contributed by atoms with Crippen molar-refractivity contribution in [3.05, 3.63) is 53.9 Å². The summed E-state index contributed by atoms with van der Waals surface area (Å²) >= 11 is 0. The third-order valence-corrected chi connectivity index (χ3v) is 3.76. The summed E-state index contributed by atoms with van der Waals surface area (Å²) in [5.74, 6) is 0.687. The van der Waals surface area contributed by atoms with Gasteiger partial charge in [-0.2, -0.15) is 0 Å². The number of carbonyl (C=O) groups excluding carboxylic acids is 1. The number of benzene rings is 1. The van der Waals surface area contributed by atoms with Crippen molar-refractivity contribution >= 4 is 11.7 Å². The maximum atomic E-state index is 11.3. The fraction of sp³-hybridized carbons (Fsp3) is 0.294. The number of methoxy groups -OCH3 is 1. The van der Waals surface area contributed by atoms with Crippen LogP contribution in [0.1, 0.15) is 24.1 Å². The second-order valence-corrected chi connectivity index (χ2v) is 5.29. The highest BCUT2D eigenvalue weighted by Crippen LogP contribution is 2.37. The Morgan fingerprint density at radius 3 is 2.82 bits per heavy atom. The van der Waals surface area contributed by atoms with Crippen molar-refractivity contribution in [2.75, 3.05) is 18.7 Å². The fourth-order valence-electron chi connectivity index (χ4n) is 2.78. The summed E-state index contributed by atoms with van der Waals surface area (Å²) in [6, 6.07) is 11.9. The second kappa shape index (κ2) is 6.05. The molecule has 1 unspecified atom stereocenters. The van der Waals surface area contributed by atoms with E-state index in [1.54, 1.807) is 18.4 Å². The SMILES string of the molecule is COc1ccc(CC2CN(OC(C)=O)c3ccccc32)nc1. The van der Waals surface area contributed by atoms with Crippen molar-refractivity contribution in [3.63, 3.8) is 0 Å². The molecule has 0 aliphatic carbocycles. The Bertz CT molecular complexity index is 670. The van der Waals surface area contributed by atoms with E-state index in [1.165, 1.54) is 12.5 Å². The van der Waals surface area contributed by atoms with Crippen molar-refractivity contribution in [2.45, 2.75) is 19.3 Å². The molecular formula is C17H18N2O3. The highest BCUT2D eigenvalue weighted by Gasteiger charge is 2.30. The Morgan fingerprint density at radius 2 is 2.14 bits per heavy atom. The number of para-hydroxylation sites is 1. The van der Waals surface area contributed by atoms with Crippen LogP contribution in [-0.4, -0.2) is 24.6 Å². The van der Waals surface area contributed by atoms with Crippen LogP contribution in [0.3, 0.4) is 0 Å². The average Bonchev–Trinajstić information content (AvgIpc) is 2.86. The highest BCUT2D eigenvalue weighted by molar-refractivity contribution is 5.69. The molecule has 1 aliphatic heterocycles. The zero-order valence-corrected chi connectivity index (χ0v) is 12.7. The molecule has 0 N–H and O–H groups in total. The van der Waals surface area contributed by atoms with Gasteiger partial charge in [0, 0.05) is 18.5 Å². The fourth-order valence-corrected chi connectivity index (χ4v) is 2.78. The molecule has 0 fully saturated rings. The predicted octanol–water partition coefficient (Wildman–Crippen LogP) is 2.71. The normalized spacial score (nSPS) is 16.3. The maximum absolute atomic E-state index is 11.3. The van der Waals surface area contributed by atoms with E-state index in [0.29, 0.717) is 6.54 Å². The Balaban J connectivity index is 1.80. The van der Waals surface area contributed by atoms with E-state index in [0.717, 1.165) is 23.6 Å². The van der Waals surface area contributed by atoms with Crippen LogP contribution >= 0.6 is 0 Å². The first kappa shape index (κ1) is 14.4. The molecule has 114 valence electrons. The van der Waals surface area contributed by atoms with Gasteiger partial charge in [0.1, 0.15) is 5.75 Å². The third-order valence-electron chi connectivity index (χ3n) is 3.76. The Labute approximate surface area is 129 Å². The number of hydrogen-bond acceptors (Lipinski definition) is 5. The van der Waals surface area contributed by atoms with Gasteiger partial charge in [0.25, 0.3) is 0 Å². The molecular weight excluding hydrogens is 280 g/mol. The summed E-state index contributed by atoms with van der Waals surface area (Å²) in [7, 11) is 1.63. The van der Waals surface area contributed by atoms with Crippen LogP contribution in [0.2, 0.25) is 0 Å². The summed E-state index contributed by atoms with van der Waals surface area (Å²) in [5, 5.41) is 1.67. The molecule has 1 aliphatic rings.